The van der Waals surface area contributed by atoms with Crippen LogP contribution in [0.15, 0.2) is 48.5 Å². The number of rotatable bonds is 4. The Labute approximate surface area is 125 Å². The molecule has 0 atom stereocenters. The van der Waals surface area contributed by atoms with Crippen molar-refractivity contribution in [3.8, 4) is 0 Å². The van der Waals surface area contributed by atoms with Gasteiger partial charge in [0.2, 0.25) is 0 Å². The van der Waals surface area contributed by atoms with Crippen LogP contribution in [0.25, 0.3) is 0 Å². The highest BCUT2D eigenvalue weighted by Crippen LogP contribution is 2.14. The standard InChI is InChI=1S/C17H18ClNO/c1-3-19(12-14-6-10-16(18)11-7-14)17(20)15-8-4-13(2)5-9-15/h4-11H,3,12H2,1-2H3. The molecule has 0 saturated carbocycles. The molecule has 2 aromatic carbocycles. The maximum atomic E-state index is 12.5. The first kappa shape index (κ1) is 14.6. The lowest BCUT2D eigenvalue weighted by molar-refractivity contribution is 0.0752. The minimum atomic E-state index is 0.0578. The maximum Gasteiger partial charge on any atom is 0.254 e. The average molecular weight is 288 g/mol. The van der Waals surface area contributed by atoms with Crippen molar-refractivity contribution in [3.05, 3.63) is 70.2 Å². The molecule has 2 nitrogen and oxygen atoms in total. The third kappa shape index (κ3) is 3.61. The maximum absolute atomic E-state index is 12.5. The minimum absolute atomic E-state index is 0.0578. The smallest absolute Gasteiger partial charge is 0.254 e. The molecule has 1 amide bonds. The normalized spacial score (nSPS) is 10.3. The Balaban J connectivity index is 2.13. The SMILES string of the molecule is CCN(Cc1ccc(Cl)cc1)C(=O)c1ccc(C)cc1. The van der Waals surface area contributed by atoms with Gasteiger partial charge in [-0.15, -0.1) is 0 Å². The highest BCUT2D eigenvalue weighted by atomic mass is 35.5. The molecule has 2 aromatic rings. The predicted molar refractivity (Wildman–Crippen MR) is 83.0 cm³/mol. The van der Waals surface area contributed by atoms with Crippen molar-refractivity contribution in [2.24, 2.45) is 0 Å². The molecular formula is C17H18ClNO. The molecule has 0 radical (unpaired) electrons. The molecule has 0 aliphatic rings. The number of nitrogens with zero attached hydrogens (tertiary/aromatic N) is 1. The number of aryl methyl sites for hydroxylation is 1. The first-order valence-corrected chi connectivity index (χ1v) is 7.08. The van der Waals surface area contributed by atoms with Gasteiger partial charge in [-0.25, -0.2) is 0 Å². The Bertz CT molecular complexity index is 575. The third-order valence-corrected chi connectivity index (χ3v) is 3.51. The van der Waals surface area contributed by atoms with Crippen LogP contribution in [0.2, 0.25) is 5.02 Å². The van der Waals surface area contributed by atoms with Crippen molar-refractivity contribution >= 4 is 17.5 Å². The van der Waals surface area contributed by atoms with Gasteiger partial charge in [-0.1, -0.05) is 41.4 Å². The number of amides is 1. The number of carbonyl (C=O) groups excluding carboxylic acids is 1. The molecular weight excluding hydrogens is 270 g/mol. The Kier molecular flexibility index (Phi) is 4.80. The first-order chi connectivity index (χ1) is 9.60. The average Bonchev–Trinajstić information content (AvgIpc) is 2.47. The first-order valence-electron chi connectivity index (χ1n) is 6.70. The summed E-state index contributed by atoms with van der Waals surface area (Å²) < 4.78 is 0. The zero-order valence-corrected chi connectivity index (χ0v) is 12.5. The van der Waals surface area contributed by atoms with Crippen LogP contribution in [0.3, 0.4) is 0 Å². The van der Waals surface area contributed by atoms with Gasteiger partial charge < -0.3 is 4.90 Å². The van der Waals surface area contributed by atoms with Crippen molar-refractivity contribution in [2.45, 2.75) is 20.4 Å². The van der Waals surface area contributed by atoms with Gasteiger partial charge in [0.05, 0.1) is 0 Å². The summed E-state index contributed by atoms with van der Waals surface area (Å²) in [5.41, 5.74) is 2.96. The van der Waals surface area contributed by atoms with Crippen LogP contribution in [-0.2, 0) is 6.54 Å². The van der Waals surface area contributed by atoms with Gasteiger partial charge in [0.15, 0.2) is 0 Å². The Morgan fingerprint density at radius 2 is 1.65 bits per heavy atom. The van der Waals surface area contributed by atoms with Crippen LogP contribution in [0.4, 0.5) is 0 Å². The summed E-state index contributed by atoms with van der Waals surface area (Å²) in [6.45, 7) is 5.28. The topological polar surface area (TPSA) is 20.3 Å². The molecule has 0 fully saturated rings. The monoisotopic (exact) mass is 287 g/mol. The van der Waals surface area contributed by atoms with Crippen molar-refractivity contribution in [1.29, 1.82) is 0 Å². The molecule has 0 bridgehead atoms. The van der Waals surface area contributed by atoms with E-state index in [0.29, 0.717) is 18.1 Å². The summed E-state index contributed by atoms with van der Waals surface area (Å²) in [6.07, 6.45) is 0. The van der Waals surface area contributed by atoms with Gasteiger partial charge >= 0.3 is 0 Å². The quantitative estimate of drug-likeness (QED) is 0.820. The summed E-state index contributed by atoms with van der Waals surface area (Å²) in [7, 11) is 0. The fourth-order valence-electron chi connectivity index (χ4n) is 2.02. The van der Waals surface area contributed by atoms with E-state index in [1.165, 1.54) is 0 Å². The fraction of sp³-hybridized carbons (Fsp3) is 0.235. The largest absolute Gasteiger partial charge is 0.335 e. The van der Waals surface area contributed by atoms with Crippen LogP contribution >= 0.6 is 11.6 Å². The molecule has 20 heavy (non-hydrogen) atoms. The number of benzene rings is 2. The van der Waals surface area contributed by atoms with Gasteiger partial charge in [-0.3, -0.25) is 4.79 Å². The molecule has 0 aliphatic heterocycles. The second kappa shape index (κ2) is 6.58. The van der Waals surface area contributed by atoms with E-state index >= 15 is 0 Å². The van der Waals surface area contributed by atoms with Crippen LogP contribution in [-0.4, -0.2) is 17.4 Å². The van der Waals surface area contributed by atoms with Crippen LogP contribution < -0.4 is 0 Å². The van der Waals surface area contributed by atoms with Crippen LogP contribution in [0, 0.1) is 6.92 Å². The molecule has 2 rings (SSSR count). The van der Waals surface area contributed by atoms with E-state index in [0.717, 1.165) is 16.7 Å². The van der Waals surface area contributed by atoms with Crippen molar-refractivity contribution in [1.82, 2.24) is 4.90 Å². The Hall–Kier alpha value is -1.80. The second-order valence-corrected chi connectivity index (χ2v) is 5.25. The molecule has 0 N–H and O–H groups in total. The zero-order valence-electron chi connectivity index (χ0n) is 11.8. The fourth-order valence-corrected chi connectivity index (χ4v) is 2.14. The molecule has 0 aromatic heterocycles. The highest BCUT2D eigenvalue weighted by molar-refractivity contribution is 6.30. The molecule has 104 valence electrons. The molecule has 0 spiro atoms. The van der Waals surface area contributed by atoms with Gasteiger partial charge in [-0.05, 0) is 43.7 Å². The lowest BCUT2D eigenvalue weighted by atomic mass is 10.1. The Morgan fingerprint density at radius 1 is 1.05 bits per heavy atom. The van der Waals surface area contributed by atoms with Gasteiger partial charge in [-0.2, -0.15) is 0 Å². The lowest BCUT2D eigenvalue weighted by Gasteiger charge is -2.21. The third-order valence-electron chi connectivity index (χ3n) is 3.25. The van der Waals surface area contributed by atoms with Crippen LogP contribution in [0.5, 0.6) is 0 Å². The van der Waals surface area contributed by atoms with Crippen molar-refractivity contribution in [2.75, 3.05) is 6.54 Å². The summed E-state index contributed by atoms with van der Waals surface area (Å²) in [5.74, 6) is 0.0578. The zero-order chi connectivity index (χ0) is 14.5. The summed E-state index contributed by atoms with van der Waals surface area (Å²) in [4.78, 5) is 14.3. The minimum Gasteiger partial charge on any atom is -0.335 e. The van der Waals surface area contributed by atoms with Gasteiger partial charge in [0.25, 0.3) is 5.91 Å². The second-order valence-electron chi connectivity index (χ2n) is 4.81. The molecule has 0 aliphatic carbocycles. The van der Waals surface area contributed by atoms with Crippen molar-refractivity contribution in [3.63, 3.8) is 0 Å². The number of carbonyl (C=O) groups is 1. The Morgan fingerprint density at radius 3 is 2.20 bits per heavy atom. The van der Waals surface area contributed by atoms with E-state index in [1.54, 1.807) is 0 Å². The number of hydrogen-bond acceptors (Lipinski definition) is 1. The molecule has 0 saturated heterocycles. The summed E-state index contributed by atoms with van der Waals surface area (Å²) in [6, 6.07) is 15.3. The number of hydrogen-bond donors (Lipinski definition) is 0. The lowest BCUT2D eigenvalue weighted by Crippen LogP contribution is -2.30. The van der Waals surface area contributed by atoms with E-state index in [1.807, 2.05) is 67.3 Å². The van der Waals surface area contributed by atoms with Gasteiger partial charge in [0.1, 0.15) is 0 Å². The van der Waals surface area contributed by atoms with E-state index in [4.69, 9.17) is 11.6 Å². The molecule has 0 heterocycles. The van der Waals surface area contributed by atoms with Crippen LogP contribution in [0.1, 0.15) is 28.4 Å². The van der Waals surface area contributed by atoms with E-state index < -0.39 is 0 Å². The van der Waals surface area contributed by atoms with Gasteiger partial charge in [0, 0.05) is 23.7 Å². The molecule has 0 unspecified atom stereocenters. The highest BCUT2D eigenvalue weighted by Gasteiger charge is 2.14. The summed E-state index contributed by atoms with van der Waals surface area (Å²) >= 11 is 5.87. The number of halogens is 1. The van der Waals surface area contributed by atoms with E-state index in [9.17, 15) is 4.79 Å². The van der Waals surface area contributed by atoms with E-state index in [2.05, 4.69) is 0 Å². The van der Waals surface area contributed by atoms with Crippen molar-refractivity contribution < 1.29 is 4.79 Å². The summed E-state index contributed by atoms with van der Waals surface area (Å²) in [5, 5.41) is 0.710. The van der Waals surface area contributed by atoms with E-state index in [-0.39, 0.29) is 5.91 Å². The predicted octanol–water partition coefficient (Wildman–Crippen LogP) is 4.31. The molecule has 3 heteroatoms.